The van der Waals surface area contributed by atoms with Crippen LogP contribution in [0.5, 0.6) is 0 Å². The van der Waals surface area contributed by atoms with Crippen LogP contribution in [-0.2, 0) is 4.74 Å². The molecule has 0 aliphatic carbocycles. The Bertz CT molecular complexity index is 677. The number of H-pyrrole nitrogens is 1. The van der Waals surface area contributed by atoms with Gasteiger partial charge in [0.1, 0.15) is 11.3 Å². The van der Waals surface area contributed by atoms with Crippen molar-refractivity contribution in [3.05, 3.63) is 30.2 Å². The van der Waals surface area contributed by atoms with Crippen molar-refractivity contribution in [1.82, 2.24) is 25.1 Å². The number of hydrogen-bond acceptors (Lipinski definition) is 5. The molecule has 3 heterocycles. The Kier molecular flexibility index (Phi) is 4.02. The summed E-state index contributed by atoms with van der Waals surface area (Å²) in [5.74, 6) is 1.49. The van der Waals surface area contributed by atoms with Crippen LogP contribution in [0.15, 0.2) is 24.4 Å². The van der Waals surface area contributed by atoms with Crippen LogP contribution in [0.1, 0.15) is 38.9 Å². The van der Waals surface area contributed by atoms with Crippen molar-refractivity contribution in [2.24, 2.45) is 0 Å². The van der Waals surface area contributed by atoms with Gasteiger partial charge in [0.05, 0.1) is 0 Å². The maximum atomic E-state index is 12.1. The molecule has 2 aromatic rings. The minimum atomic E-state index is -0.480. The molecule has 23 heavy (non-hydrogen) atoms. The molecule has 0 aromatic carbocycles. The third-order valence-corrected chi connectivity index (χ3v) is 3.62. The van der Waals surface area contributed by atoms with Gasteiger partial charge in [-0.1, -0.05) is 6.07 Å². The molecule has 1 N–H and O–H groups in total. The number of nitrogens with one attached hydrogen (secondary N) is 1. The normalized spacial score (nSPS) is 18.2. The van der Waals surface area contributed by atoms with Gasteiger partial charge < -0.3 is 9.64 Å². The number of carbonyl (C=O) groups is 1. The SMILES string of the molecule is CC(C)(C)OC(=O)N1CCC(c2n[nH]c(-c3ccccn3)n2)C1. The number of ether oxygens (including phenoxy) is 1. The van der Waals surface area contributed by atoms with Crippen LogP contribution < -0.4 is 0 Å². The predicted octanol–water partition coefficient (Wildman–Crippen LogP) is 2.59. The first-order chi connectivity index (χ1) is 10.9. The molecule has 0 bridgehead atoms. The molecule has 1 aliphatic heterocycles. The molecule has 0 saturated carbocycles. The van der Waals surface area contributed by atoms with Crippen LogP contribution in [0, 0.1) is 0 Å². The third kappa shape index (κ3) is 3.67. The molecule has 122 valence electrons. The average molecular weight is 315 g/mol. The van der Waals surface area contributed by atoms with Crippen LogP contribution in [0.4, 0.5) is 4.79 Å². The van der Waals surface area contributed by atoms with E-state index in [0.717, 1.165) is 17.9 Å². The van der Waals surface area contributed by atoms with Crippen molar-refractivity contribution in [3.63, 3.8) is 0 Å². The van der Waals surface area contributed by atoms with E-state index in [1.165, 1.54) is 0 Å². The Balaban J connectivity index is 1.66. The van der Waals surface area contributed by atoms with E-state index in [1.54, 1.807) is 11.1 Å². The summed E-state index contributed by atoms with van der Waals surface area (Å²) < 4.78 is 5.41. The molecule has 2 aromatic heterocycles. The highest BCUT2D eigenvalue weighted by molar-refractivity contribution is 5.68. The number of aromatic amines is 1. The van der Waals surface area contributed by atoms with Crippen LogP contribution in [0.3, 0.4) is 0 Å². The molecule has 1 unspecified atom stereocenters. The van der Waals surface area contributed by atoms with Crippen molar-refractivity contribution < 1.29 is 9.53 Å². The lowest BCUT2D eigenvalue weighted by atomic mass is 10.1. The van der Waals surface area contributed by atoms with Gasteiger partial charge in [0.25, 0.3) is 0 Å². The Morgan fingerprint density at radius 2 is 2.22 bits per heavy atom. The molecule has 1 amide bonds. The molecule has 7 heteroatoms. The van der Waals surface area contributed by atoms with E-state index >= 15 is 0 Å². The zero-order valence-corrected chi connectivity index (χ0v) is 13.6. The molecule has 0 radical (unpaired) electrons. The van der Waals surface area contributed by atoms with Gasteiger partial charge in [-0.05, 0) is 39.3 Å². The van der Waals surface area contributed by atoms with Crippen LogP contribution in [-0.4, -0.2) is 49.8 Å². The zero-order valence-electron chi connectivity index (χ0n) is 13.6. The van der Waals surface area contributed by atoms with Crippen molar-refractivity contribution in [1.29, 1.82) is 0 Å². The first kappa shape index (κ1) is 15.5. The van der Waals surface area contributed by atoms with E-state index in [0.29, 0.717) is 18.9 Å². The van der Waals surface area contributed by atoms with E-state index in [-0.39, 0.29) is 12.0 Å². The lowest BCUT2D eigenvalue weighted by Gasteiger charge is -2.24. The van der Waals surface area contributed by atoms with Crippen molar-refractivity contribution in [2.45, 2.75) is 38.7 Å². The lowest BCUT2D eigenvalue weighted by Crippen LogP contribution is -2.35. The summed E-state index contributed by atoms with van der Waals surface area (Å²) >= 11 is 0. The number of aromatic nitrogens is 4. The summed E-state index contributed by atoms with van der Waals surface area (Å²) in [6.07, 6.45) is 2.27. The van der Waals surface area contributed by atoms with E-state index in [1.807, 2.05) is 39.0 Å². The number of likely N-dealkylation sites (tertiary alicyclic amines) is 1. The van der Waals surface area contributed by atoms with Gasteiger partial charge >= 0.3 is 6.09 Å². The summed E-state index contributed by atoms with van der Waals surface area (Å²) in [5, 5.41) is 7.21. The number of amides is 1. The molecule has 1 atom stereocenters. The second-order valence-corrected chi connectivity index (χ2v) is 6.67. The van der Waals surface area contributed by atoms with Crippen LogP contribution in [0.25, 0.3) is 11.5 Å². The molecule has 7 nitrogen and oxygen atoms in total. The van der Waals surface area contributed by atoms with E-state index in [4.69, 9.17) is 4.74 Å². The van der Waals surface area contributed by atoms with Crippen LogP contribution >= 0.6 is 0 Å². The second-order valence-electron chi connectivity index (χ2n) is 6.67. The topological polar surface area (TPSA) is 84.0 Å². The number of rotatable bonds is 2. The van der Waals surface area contributed by atoms with Crippen LogP contribution in [0.2, 0.25) is 0 Å². The summed E-state index contributed by atoms with van der Waals surface area (Å²) in [6, 6.07) is 5.65. The Labute approximate surface area is 135 Å². The Hall–Kier alpha value is -2.44. The summed E-state index contributed by atoms with van der Waals surface area (Å²) in [7, 11) is 0. The number of pyridine rings is 1. The van der Waals surface area contributed by atoms with Crippen molar-refractivity contribution >= 4 is 6.09 Å². The summed E-state index contributed by atoms with van der Waals surface area (Å²) in [4.78, 5) is 22.6. The fourth-order valence-corrected chi connectivity index (χ4v) is 2.54. The Morgan fingerprint density at radius 3 is 2.91 bits per heavy atom. The first-order valence-electron chi connectivity index (χ1n) is 7.74. The third-order valence-electron chi connectivity index (χ3n) is 3.62. The maximum absolute atomic E-state index is 12.1. The van der Waals surface area contributed by atoms with Gasteiger partial charge in [0.2, 0.25) is 0 Å². The molecule has 0 spiro atoms. The summed E-state index contributed by atoms with van der Waals surface area (Å²) in [6.45, 7) is 6.84. The average Bonchev–Trinajstić information content (AvgIpc) is 3.16. The predicted molar refractivity (Wildman–Crippen MR) is 84.8 cm³/mol. The maximum Gasteiger partial charge on any atom is 0.410 e. The number of nitrogens with zero attached hydrogens (tertiary/aromatic N) is 4. The minimum Gasteiger partial charge on any atom is -0.444 e. The number of carbonyl (C=O) groups excluding carboxylic acids is 1. The van der Waals surface area contributed by atoms with E-state index < -0.39 is 5.60 Å². The first-order valence-corrected chi connectivity index (χ1v) is 7.74. The van der Waals surface area contributed by atoms with Crippen molar-refractivity contribution in [2.75, 3.05) is 13.1 Å². The molecular formula is C16H21N5O2. The van der Waals surface area contributed by atoms with Gasteiger partial charge in [0.15, 0.2) is 11.6 Å². The molecular weight excluding hydrogens is 294 g/mol. The largest absolute Gasteiger partial charge is 0.444 e. The smallest absolute Gasteiger partial charge is 0.410 e. The van der Waals surface area contributed by atoms with Gasteiger partial charge in [0, 0.05) is 25.2 Å². The molecule has 1 saturated heterocycles. The Morgan fingerprint density at radius 1 is 1.39 bits per heavy atom. The van der Waals surface area contributed by atoms with E-state index in [2.05, 4.69) is 20.2 Å². The lowest BCUT2D eigenvalue weighted by molar-refractivity contribution is 0.0292. The van der Waals surface area contributed by atoms with E-state index in [9.17, 15) is 4.79 Å². The fraction of sp³-hybridized carbons (Fsp3) is 0.500. The highest BCUT2D eigenvalue weighted by Gasteiger charge is 2.32. The fourth-order valence-electron chi connectivity index (χ4n) is 2.54. The molecule has 3 rings (SSSR count). The van der Waals surface area contributed by atoms with Gasteiger partial charge in [-0.15, -0.1) is 0 Å². The standard InChI is InChI=1S/C16H21N5O2/c1-16(2,3)23-15(22)21-9-7-11(10-21)13-18-14(20-19-13)12-6-4-5-8-17-12/h4-6,8,11H,7,9-10H2,1-3H3,(H,18,19,20). The van der Waals surface area contributed by atoms with Crippen molar-refractivity contribution in [3.8, 4) is 11.5 Å². The molecule has 1 fully saturated rings. The second kappa shape index (κ2) is 5.98. The highest BCUT2D eigenvalue weighted by atomic mass is 16.6. The summed E-state index contributed by atoms with van der Waals surface area (Å²) in [5.41, 5.74) is 0.277. The van der Waals surface area contributed by atoms with Gasteiger partial charge in [-0.25, -0.2) is 9.78 Å². The minimum absolute atomic E-state index is 0.122. The van der Waals surface area contributed by atoms with Gasteiger partial charge in [-0.3, -0.25) is 10.1 Å². The monoisotopic (exact) mass is 315 g/mol. The molecule has 1 aliphatic rings. The number of hydrogen-bond donors (Lipinski definition) is 1. The highest BCUT2D eigenvalue weighted by Crippen LogP contribution is 2.27. The van der Waals surface area contributed by atoms with Gasteiger partial charge in [-0.2, -0.15) is 5.10 Å². The quantitative estimate of drug-likeness (QED) is 0.921. The zero-order chi connectivity index (χ0) is 16.4.